The minimum atomic E-state index is -4.78. The molecule has 0 unspecified atom stereocenters. The molecule has 0 fully saturated rings. The summed E-state index contributed by atoms with van der Waals surface area (Å²) in [4.78, 5) is 15.7. The van der Waals surface area contributed by atoms with Crippen LogP contribution in [0.4, 0.5) is 26.3 Å². The molecule has 12 heteroatoms. The Kier molecular flexibility index (Phi) is 7.65. The molecule has 1 N–H and O–H groups in total. The van der Waals surface area contributed by atoms with Gasteiger partial charge < -0.3 is 0 Å². The average molecular weight is 516 g/mol. The zero-order chi connectivity index (χ0) is 25.9. The molecule has 2 aromatic carbocycles. The number of aromatic nitrogens is 1. The van der Waals surface area contributed by atoms with Crippen LogP contribution in [0.25, 0.3) is 11.1 Å². The average Bonchev–Trinajstić information content (AvgIpc) is 2.77. The number of hydrogen-bond acceptors (Lipinski definition) is 4. The molecule has 0 spiro atoms. The molecule has 5 nitrogen and oxygen atoms in total. The monoisotopic (exact) mass is 516 g/mol. The Morgan fingerprint density at radius 1 is 0.886 bits per heavy atom. The highest BCUT2D eigenvalue weighted by atomic mass is 32.2. The number of pyridine rings is 1. The maximum absolute atomic E-state index is 13.2. The number of rotatable bonds is 8. The van der Waals surface area contributed by atoms with Crippen LogP contribution < -0.4 is 4.72 Å². The fraction of sp³-hybridized carbons (Fsp3) is 0.217. The lowest BCUT2D eigenvalue weighted by Crippen LogP contribution is -2.33. The Labute approximate surface area is 196 Å². The number of Topliss-reactive ketones (excluding diaryl/α,β-unsaturated/α-hetero) is 1. The SMILES string of the molecule is O=C(Cc1cc(S(=O)(=O)NCC(F)(F)F)ccc1-c1ccccc1)Cc1ccncc1C(F)(F)F. The highest BCUT2D eigenvalue weighted by Gasteiger charge is 2.34. The molecule has 0 saturated heterocycles. The van der Waals surface area contributed by atoms with Gasteiger partial charge in [0.1, 0.15) is 12.3 Å². The lowest BCUT2D eigenvalue weighted by atomic mass is 9.94. The van der Waals surface area contributed by atoms with Crippen molar-refractivity contribution < 1.29 is 39.6 Å². The van der Waals surface area contributed by atoms with Crippen LogP contribution in [0.15, 0.2) is 71.9 Å². The second-order valence-corrected chi connectivity index (χ2v) is 9.31. The van der Waals surface area contributed by atoms with Crippen LogP contribution in [0, 0.1) is 0 Å². The molecule has 0 aliphatic heterocycles. The summed E-state index contributed by atoms with van der Waals surface area (Å²) in [6.45, 7) is -1.79. The van der Waals surface area contributed by atoms with Gasteiger partial charge in [-0.15, -0.1) is 0 Å². The molecule has 35 heavy (non-hydrogen) atoms. The van der Waals surface area contributed by atoms with Crippen molar-refractivity contribution in [2.75, 3.05) is 6.54 Å². The lowest BCUT2D eigenvalue weighted by Gasteiger charge is -2.15. The first kappa shape index (κ1) is 26.4. The molecular formula is C23H18F6N2O3S. The number of sulfonamides is 1. The molecule has 0 amide bonds. The molecule has 0 bridgehead atoms. The van der Waals surface area contributed by atoms with Crippen molar-refractivity contribution in [2.45, 2.75) is 30.1 Å². The Morgan fingerprint density at radius 2 is 1.54 bits per heavy atom. The number of hydrogen-bond donors (Lipinski definition) is 1. The van der Waals surface area contributed by atoms with Crippen LogP contribution in [0.5, 0.6) is 0 Å². The molecule has 0 aliphatic rings. The first-order valence-corrected chi connectivity index (χ1v) is 11.5. The van der Waals surface area contributed by atoms with Crippen LogP contribution in [0.2, 0.25) is 0 Å². The standard InChI is InChI=1S/C23H18F6N2O3S/c24-22(25,26)14-31-35(33,34)19-6-7-20(15-4-2-1-3-5-15)17(12-19)11-18(32)10-16-8-9-30-13-21(16)23(27,28)29/h1-9,12-13,31H,10-11,14H2. The van der Waals surface area contributed by atoms with Crippen LogP contribution in [-0.2, 0) is 33.8 Å². The van der Waals surface area contributed by atoms with Gasteiger partial charge >= 0.3 is 12.4 Å². The number of ketones is 1. The first-order valence-electron chi connectivity index (χ1n) is 10.0. The Hall–Kier alpha value is -3.25. The van der Waals surface area contributed by atoms with Gasteiger partial charge in [-0.3, -0.25) is 9.78 Å². The first-order chi connectivity index (χ1) is 16.3. The molecular weight excluding hydrogens is 498 g/mol. The van der Waals surface area contributed by atoms with Gasteiger partial charge in [-0.25, -0.2) is 13.1 Å². The molecule has 0 atom stereocenters. The normalized spacial score (nSPS) is 12.5. The maximum atomic E-state index is 13.2. The van der Waals surface area contributed by atoms with Crippen LogP contribution >= 0.6 is 0 Å². The Morgan fingerprint density at radius 3 is 2.17 bits per heavy atom. The quantitative estimate of drug-likeness (QED) is 0.430. The summed E-state index contributed by atoms with van der Waals surface area (Å²) in [7, 11) is -4.57. The third kappa shape index (κ3) is 7.12. The van der Waals surface area contributed by atoms with Crippen molar-refractivity contribution in [3.05, 3.63) is 83.7 Å². The van der Waals surface area contributed by atoms with Gasteiger partial charge in [0.05, 0.1) is 10.5 Å². The van der Waals surface area contributed by atoms with Crippen molar-refractivity contribution in [1.29, 1.82) is 0 Å². The predicted molar refractivity (Wildman–Crippen MR) is 115 cm³/mol. The molecule has 1 aromatic heterocycles. The van der Waals surface area contributed by atoms with Crippen LogP contribution in [0.1, 0.15) is 16.7 Å². The third-order valence-electron chi connectivity index (χ3n) is 4.93. The van der Waals surface area contributed by atoms with Gasteiger partial charge in [0.25, 0.3) is 0 Å². The summed E-state index contributed by atoms with van der Waals surface area (Å²) in [6, 6.07) is 13.0. The molecule has 3 rings (SSSR count). The minimum absolute atomic E-state index is 0.138. The molecule has 3 aromatic rings. The molecule has 0 saturated carbocycles. The number of alkyl halides is 6. The largest absolute Gasteiger partial charge is 0.418 e. The van der Waals surface area contributed by atoms with Gasteiger partial charge in [0.15, 0.2) is 0 Å². The summed E-state index contributed by atoms with van der Waals surface area (Å²) < 4.78 is 103. The predicted octanol–water partition coefficient (Wildman–Crippen LogP) is 4.96. The van der Waals surface area contributed by atoms with E-state index in [1.807, 2.05) is 0 Å². The summed E-state index contributed by atoms with van der Waals surface area (Å²) in [5, 5.41) is 0. The van der Waals surface area contributed by atoms with Crippen molar-refractivity contribution in [1.82, 2.24) is 9.71 Å². The fourth-order valence-corrected chi connectivity index (χ4v) is 4.43. The molecule has 1 heterocycles. The Bertz CT molecular complexity index is 1310. The second-order valence-electron chi connectivity index (χ2n) is 7.55. The smallest absolute Gasteiger partial charge is 0.299 e. The van der Waals surface area contributed by atoms with E-state index in [1.165, 1.54) is 10.8 Å². The second kappa shape index (κ2) is 10.2. The highest BCUT2D eigenvalue weighted by molar-refractivity contribution is 7.89. The zero-order valence-corrected chi connectivity index (χ0v) is 18.6. The topological polar surface area (TPSA) is 76.1 Å². The van der Waals surface area contributed by atoms with Crippen LogP contribution in [-0.4, -0.2) is 31.9 Å². The van der Waals surface area contributed by atoms with E-state index in [1.54, 1.807) is 30.3 Å². The van der Waals surface area contributed by atoms with Crippen LogP contribution in [0.3, 0.4) is 0 Å². The van der Waals surface area contributed by atoms with Gasteiger partial charge in [-0.1, -0.05) is 36.4 Å². The van der Waals surface area contributed by atoms with Gasteiger partial charge in [0, 0.05) is 25.2 Å². The fourth-order valence-electron chi connectivity index (χ4n) is 3.36. The summed E-state index contributed by atoms with van der Waals surface area (Å²) >= 11 is 0. The summed E-state index contributed by atoms with van der Waals surface area (Å²) in [5.74, 6) is -0.656. The number of halogens is 6. The number of nitrogens with zero attached hydrogens (tertiary/aromatic N) is 1. The van der Waals surface area contributed by atoms with E-state index in [0.717, 1.165) is 24.4 Å². The number of carbonyl (C=O) groups is 1. The molecule has 0 aliphatic carbocycles. The van der Waals surface area contributed by atoms with Gasteiger partial charge in [-0.2, -0.15) is 26.3 Å². The minimum Gasteiger partial charge on any atom is -0.299 e. The van der Waals surface area contributed by atoms with Crippen molar-refractivity contribution in [3.8, 4) is 11.1 Å². The van der Waals surface area contributed by atoms with Crippen molar-refractivity contribution >= 4 is 15.8 Å². The zero-order valence-electron chi connectivity index (χ0n) is 17.8. The van der Waals surface area contributed by atoms with Gasteiger partial charge in [0.2, 0.25) is 10.0 Å². The summed E-state index contributed by atoms with van der Waals surface area (Å²) in [6.07, 6.45) is -8.83. The van der Waals surface area contributed by atoms with Crippen molar-refractivity contribution in [3.63, 3.8) is 0 Å². The van der Waals surface area contributed by atoms with Crippen molar-refractivity contribution in [2.24, 2.45) is 0 Å². The number of carbonyl (C=O) groups excluding carboxylic acids is 1. The maximum Gasteiger partial charge on any atom is 0.418 e. The van der Waals surface area contributed by atoms with E-state index in [4.69, 9.17) is 0 Å². The van der Waals surface area contributed by atoms with E-state index >= 15 is 0 Å². The summed E-state index contributed by atoms with van der Waals surface area (Å²) in [5.41, 5.74) is -0.223. The Balaban J connectivity index is 1.96. The van der Waals surface area contributed by atoms with E-state index in [0.29, 0.717) is 17.3 Å². The van der Waals surface area contributed by atoms with E-state index in [9.17, 15) is 39.6 Å². The van der Waals surface area contributed by atoms with E-state index in [2.05, 4.69) is 4.98 Å². The molecule has 186 valence electrons. The molecule has 0 radical (unpaired) electrons. The van der Waals surface area contributed by atoms with E-state index < -0.39 is 58.0 Å². The lowest BCUT2D eigenvalue weighted by molar-refractivity contribution is -0.138. The third-order valence-corrected chi connectivity index (χ3v) is 6.33. The van der Waals surface area contributed by atoms with E-state index in [-0.39, 0.29) is 11.1 Å². The number of nitrogens with one attached hydrogen (secondary N) is 1. The number of benzene rings is 2. The van der Waals surface area contributed by atoms with Gasteiger partial charge in [-0.05, 0) is 40.5 Å². The highest BCUT2D eigenvalue weighted by Crippen LogP contribution is 2.32.